The molecule has 0 amide bonds. The molecule has 0 heterocycles. The molecule has 3 heteroatoms. The third-order valence-electron chi connectivity index (χ3n) is 6.31. The van der Waals surface area contributed by atoms with Crippen molar-refractivity contribution in [2.45, 2.75) is 159 Å². The van der Waals surface area contributed by atoms with E-state index < -0.39 is 3.79 Å². The highest BCUT2D eigenvalue weighted by Crippen LogP contribution is 2.32. The van der Waals surface area contributed by atoms with E-state index in [1.807, 2.05) is 0 Å². The second-order valence-corrected chi connectivity index (χ2v) is 12.2. The van der Waals surface area contributed by atoms with Crippen molar-refractivity contribution in [2.24, 2.45) is 5.92 Å². The Kier molecular flexibility index (Phi) is 24.2. The first-order valence-corrected chi connectivity index (χ1v) is 14.8. The van der Waals surface area contributed by atoms with Gasteiger partial charge in [0.05, 0.1) is 0 Å². The lowest BCUT2D eigenvalue weighted by atomic mass is 10.0. The maximum absolute atomic E-state index is 5.78. The van der Waals surface area contributed by atoms with Crippen molar-refractivity contribution in [1.29, 1.82) is 0 Å². The summed E-state index contributed by atoms with van der Waals surface area (Å²) in [6.45, 7) is 4.65. The van der Waals surface area contributed by atoms with Crippen LogP contribution < -0.4 is 0 Å². The number of halogens is 3. The minimum absolute atomic E-state index is 0.677. The standard InChI is InChI=1S/C28H53Cl3/c1-3-4-5-6-7-8-9-10-11-12-13-14-15-16-18-21-24-27(2)25-22-19-17-20-23-26-28(29,30)31/h21,24,27H,3-20,22-23,25-26H2,1-2H3. The zero-order valence-electron chi connectivity index (χ0n) is 20.9. The first-order valence-electron chi connectivity index (χ1n) is 13.7. The Bertz CT molecular complexity index is 373. The van der Waals surface area contributed by atoms with Crippen LogP contribution in [0.5, 0.6) is 0 Å². The van der Waals surface area contributed by atoms with E-state index in [4.69, 9.17) is 34.8 Å². The topological polar surface area (TPSA) is 0 Å². The zero-order valence-corrected chi connectivity index (χ0v) is 23.2. The fourth-order valence-electron chi connectivity index (χ4n) is 4.20. The minimum Gasteiger partial charge on any atom is -0.0883 e. The van der Waals surface area contributed by atoms with Crippen LogP contribution in [0.3, 0.4) is 0 Å². The van der Waals surface area contributed by atoms with E-state index in [-0.39, 0.29) is 0 Å². The van der Waals surface area contributed by atoms with Crippen LogP contribution in [0.25, 0.3) is 0 Å². The third-order valence-corrected chi connectivity index (χ3v) is 6.88. The summed E-state index contributed by atoms with van der Waals surface area (Å²) in [6, 6.07) is 0. The first kappa shape index (κ1) is 31.6. The Labute approximate surface area is 211 Å². The third kappa shape index (κ3) is 28.6. The smallest absolute Gasteiger partial charge is 0.0883 e. The van der Waals surface area contributed by atoms with Gasteiger partial charge in [-0.1, -0.05) is 170 Å². The van der Waals surface area contributed by atoms with Gasteiger partial charge in [0.2, 0.25) is 0 Å². The number of hydrogen-bond donors (Lipinski definition) is 0. The number of rotatable bonds is 23. The van der Waals surface area contributed by atoms with Crippen molar-refractivity contribution in [2.75, 3.05) is 0 Å². The molecule has 1 atom stereocenters. The van der Waals surface area contributed by atoms with E-state index in [0.29, 0.717) is 12.3 Å². The van der Waals surface area contributed by atoms with Crippen LogP contribution >= 0.6 is 34.8 Å². The second-order valence-electron chi connectivity index (χ2n) is 9.71. The predicted molar refractivity (Wildman–Crippen MR) is 146 cm³/mol. The van der Waals surface area contributed by atoms with Gasteiger partial charge in [0.1, 0.15) is 0 Å². The second kappa shape index (κ2) is 23.8. The van der Waals surface area contributed by atoms with E-state index in [1.165, 1.54) is 128 Å². The molecule has 0 radical (unpaired) electrons. The van der Waals surface area contributed by atoms with Crippen LogP contribution in [0.1, 0.15) is 155 Å². The molecule has 0 aromatic heterocycles. The van der Waals surface area contributed by atoms with Crippen LogP contribution in [-0.4, -0.2) is 3.79 Å². The summed E-state index contributed by atoms with van der Waals surface area (Å²) in [6.07, 6.45) is 34.3. The molecular weight excluding hydrogens is 443 g/mol. The van der Waals surface area contributed by atoms with Gasteiger partial charge in [-0.05, 0) is 38.0 Å². The molecular formula is C28H53Cl3. The molecule has 186 valence electrons. The fourth-order valence-corrected chi connectivity index (χ4v) is 4.60. The average Bonchev–Trinajstić information content (AvgIpc) is 2.72. The Morgan fingerprint density at radius 1 is 0.581 bits per heavy atom. The maximum Gasteiger partial charge on any atom is 0.190 e. The van der Waals surface area contributed by atoms with Crippen LogP contribution in [0, 0.1) is 5.92 Å². The molecule has 0 aliphatic rings. The highest BCUT2D eigenvalue weighted by atomic mass is 35.6. The van der Waals surface area contributed by atoms with E-state index in [0.717, 1.165) is 6.42 Å². The SMILES string of the molecule is CCCCCCCCCCCCCCCCC=CC(C)CCCCCCCC(Cl)(Cl)Cl. The normalized spacial score (nSPS) is 13.3. The summed E-state index contributed by atoms with van der Waals surface area (Å²) in [5, 5.41) is 0. The number of alkyl halides is 3. The highest BCUT2D eigenvalue weighted by Gasteiger charge is 2.17. The van der Waals surface area contributed by atoms with Gasteiger partial charge in [-0.15, -0.1) is 0 Å². The van der Waals surface area contributed by atoms with Crippen LogP contribution in [0.15, 0.2) is 12.2 Å². The lowest BCUT2D eigenvalue weighted by Gasteiger charge is -2.10. The summed E-state index contributed by atoms with van der Waals surface area (Å²) in [5.74, 6) is 0.716. The van der Waals surface area contributed by atoms with Gasteiger partial charge in [0.15, 0.2) is 3.79 Å². The van der Waals surface area contributed by atoms with Gasteiger partial charge in [0.25, 0.3) is 0 Å². The van der Waals surface area contributed by atoms with E-state index in [9.17, 15) is 0 Å². The van der Waals surface area contributed by atoms with E-state index in [2.05, 4.69) is 26.0 Å². The van der Waals surface area contributed by atoms with Crippen molar-refractivity contribution in [3.05, 3.63) is 12.2 Å². The Balaban J connectivity index is 3.25. The van der Waals surface area contributed by atoms with Crippen molar-refractivity contribution in [3.8, 4) is 0 Å². The molecule has 0 aromatic carbocycles. The number of allylic oxidation sites excluding steroid dienone is 2. The lowest BCUT2D eigenvalue weighted by molar-refractivity contribution is 0.534. The quantitative estimate of drug-likeness (QED) is 0.0750. The largest absolute Gasteiger partial charge is 0.190 e. The monoisotopic (exact) mass is 494 g/mol. The number of hydrogen-bond acceptors (Lipinski definition) is 0. The molecule has 1 unspecified atom stereocenters. The molecule has 0 bridgehead atoms. The van der Waals surface area contributed by atoms with Gasteiger partial charge in [0, 0.05) is 0 Å². The first-order chi connectivity index (χ1) is 15.0. The van der Waals surface area contributed by atoms with Crippen LogP contribution in [-0.2, 0) is 0 Å². The minimum atomic E-state index is -1.06. The number of unbranched alkanes of at least 4 members (excludes halogenated alkanes) is 18. The average molecular weight is 496 g/mol. The molecule has 31 heavy (non-hydrogen) atoms. The Morgan fingerprint density at radius 3 is 1.48 bits per heavy atom. The molecule has 0 saturated carbocycles. The van der Waals surface area contributed by atoms with Gasteiger partial charge in [-0.25, -0.2) is 0 Å². The Hall–Kier alpha value is 0.610. The zero-order chi connectivity index (χ0) is 23.0. The summed E-state index contributed by atoms with van der Waals surface area (Å²) >= 11 is 17.3. The van der Waals surface area contributed by atoms with E-state index in [1.54, 1.807) is 0 Å². The van der Waals surface area contributed by atoms with Crippen LogP contribution in [0.2, 0.25) is 0 Å². The maximum atomic E-state index is 5.78. The molecule has 0 N–H and O–H groups in total. The molecule has 0 nitrogen and oxygen atoms in total. The van der Waals surface area contributed by atoms with Crippen molar-refractivity contribution in [1.82, 2.24) is 0 Å². The molecule has 0 aliphatic carbocycles. The summed E-state index contributed by atoms with van der Waals surface area (Å²) < 4.78 is -1.06. The summed E-state index contributed by atoms with van der Waals surface area (Å²) in [7, 11) is 0. The molecule has 0 rings (SSSR count). The lowest BCUT2D eigenvalue weighted by Crippen LogP contribution is -2.00. The van der Waals surface area contributed by atoms with Gasteiger partial charge >= 0.3 is 0 Å². The summed E-state index contributed by atoms with van der Waals surface area (Å²) in [5.41, 5.74) is 0. The van der Waals surface area contributed by atoms with Crippen molar-refractivity contribution in [3.63, 3.8) is 0 Å². The molecule has 0 spiro atoms. The van der Waals surface area contributed by atoms with Crippen molar-refractivity contribution < 1.29 is 0 Å². The van der Waals surface area contributed by atoms with Crippen molar-refractivity contribution >= 4 is 34.8 Å². The highest BCUT2D eigenvalue weighted by molar-refractivity contribution is 6.67. The van der Waals surface area contributed by atoms with Crippen LogP contribution in [0.4, 0.5) is 0 Å². The van der Waals surface area contributed by atoms with E-state index >= 15 is 0 Å². The molecule has 0 saturated heterocycles. The molecule has 0 aromatic rings. The Morgan fingerprint density at radius 2 is 1.00 bits per heavy atom. The van der Waals surface area contributed by atoms with Gasteiger partial charge in [-0.2, -0.15) is 0 Å². The molecule has 0 fully saturated rings. The summed E-state index contributed by atoms with van der Waals surface area (Å²) in [4.78, 5) is 0. The predicted octanol–water partition coefficient (Wildman–Crippen LogP) is 12.2. The van der Waals surface area contributed by atoms with Gasteiger partial charge < -0.3 is 0 Å². The van der Waals surface area contributed by atoms with Gasteiger partial charge in [-0.3, -0.25) is 0 Å². The molecule has 0 aliphatic heterocycles. The fraction of sp³-hybridized carbons (Fsp3) is 0.929.